The van der Waals surface area contributed by atoms with Gasteiger partial charge in [-0.15, -0.1) is 15.3 Å². The average molecular weight is 399 g/mol. The van der Waals surface area contributed by atoms with Crippen LogP contribution in [0, 0.1) is 0 Å². The molecule has 0 aliphatic carbocycles. The molecule has 29 heavy (non-hydrogen) atoms. The van der Waals surface area contributed by atoms with E-state index in [1.165, 1.54) is 16.9 Å². The molecule has 2 aromatic heterocycles. The summed E-state index contributed by atoms with van der Waals surface area (Å²) in [6.07, 6.45) is 0. The quantitative estimate of drug-likeness (QED) is 0.426. The fourth-order valence-corrected chi connectivity index (χ4v) is 3.74. The van der Waals surface area contributed by atoms with Gasteiger partial charge >= 0.3 is 0 Å². The Balaban J connectivity index is 1.28. The van der Waals surface area contributed by atoms with Crippen molar-refractivity contribution in [1.29, 1.82) is 0 Å². The molecule has 0 aliphatic rings. The lowest BCUT2D eigenvalue weighted by atomic mass is 10.1. The third-order valence-electron chi connectivity index (χ3n) is 4.41. The molecular weight excluding hydrogens is 382 g/mol. The monoisotopic (exact) mass is 399 g/mol. The van der Waals surface area contributed by atoms with E-state index in [0.29, 0.717) is 12.4 Å². The van der Waals surface area contributed by atoms with Gasteiger partial charge in [-0.25, -0.2) is 0 Å². The molecular formula is C22H17N5OS. The molecule has 0 amide bonds. The van der Waals surface area contributed by atoms with Crippen molar-refractivity contribution in [3.63, 3.8) is 0 Å². The van der Waals surface area contributed by atoms with E-state index in [0.717, 1.165) is 27.1 Å². The molecule has 0 bridgehead atoms. The van der Waals surface area contributed by atoms with Gasteiger partial charge in [0.2, 0.25) is 10.1 Å². The van der Waals surface area contributed by atoms with Gasteiger partial charge in [0.05, 0.1) is 0 Å². The molecule has 5 aromatic rings. The lowest BCUT2D eigenvalue weighted by Crippen LogP contribution is -2.02. The van der Waals surface area contributed by atoms with Gasteiger partial charge < -0.3 is 10.1 Å². The lowest BCUT2D eigenvalue weighted by molar-refractivity contribution is 0.293. The number of aromatic nitrogens is 4. The van der Waals surface area contributed by atoms with Crippen LogP contribution in [0.2, 0.25) is 0 Å². The topological polar surface area (TPSA) is 64.3 Å². The lowest BCUT2D eigenvalue weighted by Gasteiger charge is -2.06. The van der Waals surface area contributed by atoms with Crippen LogP contribution in [0.5, 0.6) is 5.75 Å². The molecule has 1 N–H and O–H groups in total. The molecule has 0 unspecified atom stereocenters. The van der Waals surface area contributed by atoms with Crippen molar-refractivity contribution >= 4 is 27.1 Å². The van der Waals surface area contributed by atoms with E-state index in [2.05, 4.69) is 44.9 Å². The van der Waals surface area contributed by atoms with E-state index in [1.807, 2.05) is 60.7 Å². The van der Waals surface area contributed by atoms with Crippen LogP contribution in [0.1, 0.15) is 5.82 Å². The van der Waals surface area contributed by atoms with Gasteiger partial charge in [0, 0.05) is 5.69 Å². The third-order valence-corrected chi connectivity index (χ3v) is 5.22. The minimum absolute atomic E-state index is 0.292. The van der Waals surface area contributed by atoms with E-state index < -0.39 is 0 Å². The molecule has 0 fully saturated rings. The number of fused-ring (bicyclic) bond motifs is 1. The van der Waals surface area contributed by atoms with Crippen LogP contribution >= 0.6 is 11.3 Å². The minimum atomic E-state index is 0.292. The Hall–Kier alpha value is -3.71. The van der Waals surface area contributed by atoms with Crippen LogP contribution in [-0.4, -0.2) is 19.8 Å². The second kappa shape index (κ2) is 7.73. The highest BCUT2D eigenvalue weighted by molar-refractivity contribution is 7.20. The molecule has 7 heteroatoms. The van der Waals surface area contributed by atoms with E-state index in [9.17, 15) is 0 Å². The summed E-state index contributed by atoms with van der Waals surface area (Å²) in [5, 5.41) is 17.0. The zero-order chi connectivity index (χ0) is 19.5. The molecule has 3 aromatic carbocycles. The Labute approximate surface area is 171 Å². The van der Waals surface area contributed by atoms with Crippen LogP contribution in [0.15, 0.2) is 84.9 Å². The molecule has 2 heterocycles. The fraction of sp³-hybridized carbons (Fsp3) is 0.0455. The normalized spacial score (nSPS) is 10.9. The third kappa shape index (κ3) is 3.81. The summed E-state index contributed by atoms with van der Waals surface area (Å²) in [7, 11) is 0. The minimum Gasteiger partial charge on any atom is -0.486 e. The molecule has 0 radical (unpaired) electrons. The molecule has 0 atom stereocenters. The summed E-state index contributed by atoms with van der Waals surface area (Å²) >= 11 is 1.45. The van der Waals surface area contributed by atoms with Crippen molar-refractivity contribution in [2.24, 2.45) is 0 Å². The Morgan fingerprint density at radius 1 is 0.793 bits per heavy atom. The van der Waals surface area contributed by atoms with Gasteiger partial charge in [0.1, 0.15) is 12.4 Å². The number of ether oxygens (including phenoxy) is 1. The maximum Gasteiger partial charge on any atom is 0.236 e. The smallest absolute Gasteiger partial charge is 0.236 e. The van der Waals surface area contributed by atoms with Crippen molar-refractivity contribution in [3.8, 4) is 16.9 Å². The average Bonchev–Trinajstić information content (AvgIpc) is 3.34. The molecule has 0 saturated carbocycles. The second-order valence-electron chi connectivity index (χ2n) is 6.39. The van der Waals surface area contributed by atoms with E-state index in [-0.39, 0.29) is 0 Å². The summed E-state index contributed by atoms with van der Waals surface area (Å²) in [5.41, 5.74) is 3.31. The summed E-state index contributed by atoms with van der Waals surface area (Å²) in [5.74, 6) is 1.43. The van der Waals surface area contributed by atoms with Gasteiger partial charge in [0.25, 0.3) is 0 Å². The van der Waals surface area contributed by atoms with Gasteiger partial charge in [-0.3, -0.25) is 0 Å². The number of rotatable bonds is 6. The molecule has 0 saturated heterocycles. The Morgan fingerprint density at radius 2 is 1.48 bits per heavy atom. The highest BCUT2D eigenvalue weighted by atomic mass is 32.1. The summed E-state index contributed by atoms with van der Waals surface area (Å²) in [6, 6.07) is 28.2. The number of benzene rings is 3. The van der Waals surface area contributed by atoms with Crippen molar-refractivity contribution in [2.75, 3.05) is 5.32 Å². The summed E-state index contributed by atoms with van der Waals surface area (Å²) in [6.45, 7) is 0.292. The van der Waals surface area contributed by atoms with Crippen LogP contribution in [0.3, 0.4) is 0 Å². The first-order chi connectivity index (χ1) is 14.3. The largest absolute Gasteiger partial charge is 0.486 e. The molecule has 6 nitrogen and oxygen atoms in total. The predicted octanol–water partition coefficient (Wildman–Crippen LogP) is 5.18. The zero-order valence-corrected chi connectivity index (χ0v) is 16.2. The standard InChI is InChI=1S/C22H17N5OS/c1-3-7-16(8-4-1)17-11-13-19(14-12-17)28-15-20-24-25-22-27(20)26-21(29-22)23-18-9-5-2-6-10-18/h1-14H,15H2,(H,23,26). The van der Waals surface area contributed by atoms with Crippen molar-refractivity contribution in [1.82, 2.24) is 19.8 Å². The fourth-order valence-electron chi connectivity index (χ4n) is 2.97. The molecule has 5 rings (SSSR count). The maximum atomic E-state index is 5.90. The summed E-state index contributed by atoms with van der Waals surface area (Å²) < 4.78 is 7.61. The van der Waals surface area contributed by atoms with Crippen LogP contribution < -0.4 is 10.1 Å². The molecule has 0 spiro atoms. The number of anilines is 2. The number of nitrogens with one attached hydrogen (secondary N) is 1. The van der Waals surface area contributed by atoms with E-state index in [1.54, 1.807) is 4.52 Å². The number of nitrogens with zero attached hydrogens (tertiary/aromatic N) is 4. The van der Waals surface area contributed by atoms with Crippen molar-refractivity contribution in [3.05, 3.63) is 90.8 Å². The number of hydrogen-bond donors (Lipinski definition) is 1. The first kappa shape index (κ1) is 17.4. The van der Waals surface area contributed by atoms with E-state index >= 15 is 0 Å². The van der Waals surface area contributed by atoms with Gasteiger partial charge in [-0.1, -0.05) is 72.0 Å². The summed E-state index contributed by atoms with van der Waals surface area (Å²) in [4.78, 5) is 0.724. The predicted molar refractivity (Wildman–Crippen MR) is 115 cm³/mol. The van der Waals surface area contributed by atoms with Crippen LogP contribution in [0.4, 0.5) is 10.8 Å². The highest BCUT2D eigenvalue weighted by Crippen LogP contribution is 2.24. The van der Waals surface area contributed by atoms with Gasteiger partial charge in [-0.05, 0) is 35.4 Å². The Kier molecular flexibility index (Phi) is 4.63. The highest BCUT2D eigenvalue weighted by Gasteiger charge is 2.12. The van der Waals surface area contributed by atoms with E-state index in [4.69, 9.17) is 4.74 Å². The first-order valence-electron chi connectivity index (χ1n) is 9.17. The maximum absolute atomic E-state index is 5.90. The van der Waals surface area contributed by atoms with Crippen LogP contribution in [0.25, 0.3) is 16.1 Å². The number of para-hydroxylation sites is 1. The first-order valence-corrected chi connectivity index (χ1v) is 9.98. The van der Waals surface area contributed by atoms with Gasteiger partial charge in [-0.2, -0.15) is 4.52 Å². The second-order valence-corrected chi connectivity index (χ2v) is 7.34. The van der Waals surface area contributed by atoms with Crippen molar-refractivity contribution in [2.45, 2.75) is 6.61 Å². The zero-order valence-electron chi connectivity index (χ0n) is 15.4. The molecule has 0 aliphatic heterocycles. The van der Waals surface area contributed by atoms with Gasteiger partial charge in [0.15, 0.2) is 5.82 Å². The van der Waals surface area contributed by atoms with Crippen molar-refractivity contribution < 1.29 is 4.74 Å². The molecule has 142 valence electrons. The SMILES string of the molecule is c1ccc(Nc2nn3c(COc4ccc(-c5ccccc5)cc4)nnc3s2)cc1. The Bertz CT molecular complexity index is 1220. The Morgan fingerprint density at radius 3 is 2.24 bits per heavy atom. The number of hydrogen-bond acceptors (Lipinski definition) is 6. The van der Waals surface area contributed by atoms with Crippen LogP contribution in [-0.2, 0) is 6.61 Å².